The molecule has 2 fully saturated rings. The van der Waals surface area contributed by atoms with Crippen LogP contribution in [0, 0.1) is 12.7 Å². The molecular formula is C21H25FN6O. The first-order chi connectivity index (χ1) is 14.1. The van der Waals surface area contributed by atoms with E-state index in [0.717, 1.165) is 61.6 Å². The first-order valence-corrected chi connectivity index (χ1v) is 10.2. The number of ether oxygens (including phenoxy) is 1. The van der Waals surface area contributed by atoms with Crippen molar-refractivity contribution in [3.8, 4) is 17.1 Å². The fourth-order valence-corrected chi connectivity index (χ4v) is 4.02. The van der Waals surface area contributed by atoms with Crippen LogP contribution >= 0.6 is 0 Å². The summed E-state index contributed by atoms with van der Waals surface area (Å²) in [4.78, 5) is 9.25. The lowest BCUT2D eigenvalue weighted by Crippen LogP contribution is -2.38. The molecule has 1 aliphatic carbocycles. The minimum Gasteiger partial charge on any atom is -0.495 e. The van der Waals surface area contributed by atoms with Gasteiger partial charge in [-0.15, -0.1) is 0 Å². The van der Waals surface area contributed by atoms with Gasteiger partial charge in [-0.25, -0.2) is 18.9 Å². The topological polar surface area (TPSA) is 76.4 Å². The highest BCUT2D eigenvalue weighted by Crippen LogP contribution is 2.43. The zero-order valence-electron chi connectivity index (χ0n) is 16.7. The minimum absolute atomic E-state index is 0.174. The second-order valence-electron chi connectivity index (χ2n) is 7.90. The normalized spacial score (nSPS) is 19.5. The van der Waals surface area contributed by atoms with Crippen molar-refractivity contribution in [2.75, 3.05) is 25.5 Å². The highest BCUT2D eigenvalue weighted by Gasteiger charge is 2.30. The van der Waals surface area contributed by atoms with Crippen LogP contribution in [-0.2, 0) is 0 Å². The van der Waals surface area contributed by atoms with Crippen molar-refractivity contribution in [3.05, 3.63) is 35.4 Å². The average Bonchev–Trinajstić information content (AvgIpc) is 3.52. The van der Waals surface area contributed by atoms with Crippen LogP contribution in [0.15, 0.2) is 18.2 Å². The molecule has 152 valence electrons. The van der Waals surface area contributed by atoms with Crippen molar-refractivity contribution in [2.24, 2.45) is 0 Å². The molecule has 0 amide bonds. The summed E-state index contributed by atoms with van der Waals surface area (Å²) >= 11 is 0. The van der Waals surface area contributed by atoms with Crippen LogP contribution in [0.1, 0.15) is 43.0 Å². The third-order valence-corrected chi connectivity index (χ3v) is 5.68. The number of aromatic nitrogens is 4. The SMILES string of the molecule is COc1cc2nc(C)c(-c3ccc(F)c(NC4CCCNC4)n3)n2nc1C1CC1. The van der Waals surface area contributed by atoms with Gasteiger partial charge in [0.25, 0.3) is 0 Å². The molecule has 4 heterocycles. The Labute approximate surface area is 168 Å². The summed E-state index contributed by atoms with van der Waals surface area (Å²) in [7, 11) is 1.66. The quantitative estimate of drug-likeness (QED) is 0.689. The zero-order valence-corrected chi connectivity index (χ0v) is 16.7. The average molecular weight is 396 g/mol. The maximum Gasteiger partial charge on any atom is 0.165 e. The van der Waals surface area contributed by atoms with E-state index in [4.69, 9.17) is 9.84 Å². The number of methoxy groups -OCH3 is 1. The van der Waals surface area contributed by atoms with E-state index in [0.29, 0.717) is 17.3 Å². The van der Waals surface area contributed by atoms with Crippen LogP contribution in [0.4, 0.5) is 10.2 Å². The number of halogens is 1. The molecule has 29 heavy (non-hydrogen) atoms. The number of hydrogen-bond acceptors (Lipinski definition) is 6. The van der Waals surface area contributed by atoms with Gasteiger partial charge in [-0.05, 0) is 51.3 Å². The number of aryl methyl sites for hydroxylation is 1. The lowest BCUT2D eigenvalue weighted by molar-refractivity contribution is 0.405. The van der Waals surface area contributed by atoms with Gasteiger partial charge < -0.3 is 15.4 Å². The smallest absolute Gasteiger partial charge is 0.165 e. The van der Waals surface area contributed by atoms with Gasteiger partial charge in [0.1, 0.15) is 17.1 Å². The van der Waals surface area contributed by atoms with Crippen LogP contribution in [0.5, 0.6) is 5.75 Å². The molecule has 1 unspecified atom stereocenters. The molecule has 1 aliphatic heterocycles. The van der Waals surface area contributed by atoms with Gasteiger partial charge in [0.05, 0.1) is 18.5 Å². The first kappa shape index (κ1) is 18.3. The molecule has 2 N–H and O–H groups in total. The lowest BCUT2D eigenvalue weighted by atomic mass is 10.1. The third kappa shape index (κ3) is 3.42. The zero-order chi connectivity index (χ0) is 20.0. The van der Waals surface area contributed by atoms with Gasteiger partial charge >= 0.3 is 0 Å². The number of hydrogen-bond donors (Lipinski definition) is 2. The maximum atomic E-state index is 14.5. The Morgan fingerprint density at radius 3 is 2.83 bits per heavy atom. The van der Waals surface area contributed by atoms with Crippen molar-refractivity contribution in [3.63, 3.8) is 0 Å². The molecule has 0 spiro atoms. The van der Waals surface area contributed by atoms with Crippen LogP contribution in [0.2, 0.25) is 0 Å². The second-order valence-corrected chi connectivity index (χ2v) is 7.90. The number of imidazole rings is 1. The number of pyridine rings is 1. The van der Waals surface area contributed by atoms with Crippen LogP contribution in [-0.4, -0.2) is 45.8 Å². The Balaban J connectivity index is 1.57. The highest BCUT2D eigenvalue weighted by molar-refractivity contribution is 5.66. The van der Waals surface area contributed by atoms with Crippen molar-refractivity contribution in [1.82, 2.24) is 24.9 Å². The van der Waals surface area contributed by atoms with Crippen molar-refractivity contribution in [2.45, 2.75) is 44.6 Å². The van der Waals surface area contributed by atoms with Crippen LogP contribution in [0.25, 0.3) is 17.0 Å². The summed E-state index contributed by atoms with van der Waals surface area (Å²) in [5.41, 5.74) is 3.90. The van der Waals surface area contributed by atoms with Gasteiger partial charge in [-0.2, -0.15) is 5.10 Å². The molecule has 3 aromatic heterocycles. The van der Waals surface area contributed by atoms with Crippen LogP contribution in [0.3, 0.4) is 0 Å². The Morgan fingerprint density at radius 1 is 1.24 bits per heavy atom. The summed E-state index contributed by atoms with van der Waals surface area (Å²) in [6, 6.07) is 5.25. The van der Waals surface area contributed by atoms with Gasteiger partial charge in [-0.3, -0.25) is 0 Å². The summed E-state index contributed by atoms with van der Waals surface area (Å²) < 4.78 is 21.8. The Hall–Kier alpha value is -2.74. The summed E-state index contributed by atoms with van der Waals surface area (Å²) in [6.07, 6.45) is 4.31. The monoisotopic (exact) mass is 396 g/mol. The molecule has 0 radical (unpaired) electrons. The number of rotatable bonds is 5. The van der Waals surface area contributed by atoms with E-state index in [1.165, 1.54) is 6.07 Å². The molecule has 8 heteroatoms. The molecule has 1 saturated carbocycles. The molecule has 3 aromatic rings. The Bertz CT molecular complexity index is 1050. The molecule has 0 aromatic carbocycles. The van der Waals surface area contributed by atoms with E-state index in [9.17, 15) is 4.39 Å². The largest absolute Gasteiger partial charge is 0.495 e. The number of nitrogens with zero attached hydrogens (tertiary/aromatic N) is 4. The van der Waals surface area contributed by atoms with Gasteiger partial charge in [-0.1, -0.05) is 0 Å². The van der Waals surface area contributed by atoms with E-state index in [-0.39, 0.29) is 17.7 Å². The fraction of sp³-hybridized carbons (Fsp3) is 0.476. The second kappa shape index (κ2) is 7.26. The van der Waals surface area contributed by atoms with Crippen molar-refractivity contribution >= 4 is 11.5 Å². The number of anilines is 1. The van der Waals surface area contributed by atoms with Crippen molar-refractivity contribution < 1.29 is 9.13 Å². The Morgan fingerprint density at radius 2 is 2.10 bits per heavy atom. The maximum absolute atomic E-state index is 14.5. The predicted molar refractivity (Wildman–Crippen MR) is 109 cm³/mol. The van der Waals surface area contributed by atoms with Crippen LogP contribution < -0.4 is 15.4 Å². The van der Waals surface area contributed by atoms with E-state index in [1.54, 1.807) is 13.2 Å². The molecule has 5 rings (SSSR count). The van der Waals surface area contributed by atoms with E-state index >= 15 is 0 Å². The molecule has 7 nitrogen and oxygen atoms in total. The summed E-state index contributed by atoms with van der Waals surface area (Å²) in [5, 5.41) is 11.4. The van der Waals surface area contributed by atoms with Gasteiger partial charge in [0.15, 0.2) is 17.3 Å². The molecule has 1 atom stereocenters. The third-order valence-electron chi connectivity index (χ3n) is 5.68. The van der Waals surface area contributed by atoms with Gasteiger partial charge in [0.2, 0.25) is 0 Å². The standard InChI is InChI=1S/C21H25FN6O/c1-12-20(28-18(24-12)10-17(29-2)19(27-28)13-5-6-13)16-8-7-15(22)21(26-16)25-14-4-3-9-23-11-14/h7-8,10,13-14,23H,3-6,9,11H2,1-2H3,(H,25,26). The van der Waals surface area contributed by atoms with E-state index in [2.05, 4.69) is 20.6 Å². The first-order valence-electron chi connectivity index (χ1n) is 10.2. The Kier molecular flexibility index (Phi) is 4.58. The minimum atomic E-state index is -0.348. The molecular weight excluding hydrogens is 371 g/mol. The van der Waals surface area contributed by atoms with E-state index in [1.807, 2.05) is 17.5 Å². The summed E-state index contributed by atoms with van der Waals surface area (Å²) in [5.74, 6) is 1.14. The molecule has 0 bridgehead atoms. The predicted octanol–water partition coefficient (Wildman–Crippen LogP) is 3.29. The van der Waals surface area contributed by atoms with E-state index < -0.39 is 0 Å². The van der Waals surface area contributed by atoms with Crippen molar-refractivity contribution in [1.29, 1.82) is 0 Å². The van der Waals surface area contributed by atoms with Gasteiger partial charge in [0, 0.05) is 24.6 Å². The highest BCUT2D eigenvalue weighted by atomic mass is 19.1. The summed E-state index contributed by atoms with van der Waals surface area (Å²) in [6.45, 7) is 3.75. The lowest BCUT2D eigenvalue weighted by Gasteiger charge is -2.24. The molecule has 2 aliphatic rings. The number of piperidine rings is 1. The number of nitrogens with one attached hydrogen (secondary N) is 2. The fourth-order valence-electron chi connectivity index (χ4n) is 4.02. The number of fused-ring (bicyclic) bond motifs is 1. The molecule has 1 saturated heterocycles.